The fourth-order valence-corrected chi connectivity index (χ4v) is 4.65. The molecule has 2 bridgehead atoms. The van der Waals surface area contributed by atoms with Crippen LogP contribution in [-0.4, -0.2) is 30.4 Å². The van der Waals surface area contributed by atoms with Crippen molar-refractivity contribution in [3.05, 3.63) is 46.7 Å². The third-order valence-corrected chi connectivity index (χ3v) is 5.64. The molecule has 5 heteroatoms. The molecule has 24 heavy (non-hydrogen) atoms. The Morgan fingerprint density at radius 3 is 2.96 bits per heavy atom. The number of aliphatic hydroxyl groups is 1. The first kappa shape index (κ1) is 15.7. The second-order valence-electron chi connectivity index (χ2n) is 6.80. The van der Waals surface area contributed by atoms with Crippen LogP contribution in [0.15, 0.2) is 35.6 Å². The van der Waals surface area contributed by atoms with Crippen LogP contribution < -0.4 is 0 Å². The summed E-state index contributed by atoms with van der Waals surface area (Å²) in [4.78, 5) is 12.0. The fourth-order valence-electron chi connectivity index (χ4n) is 4.65. The molecule has 1 saturated heterocycles. The van der Waals surface area contributed by atoms with E-state index in [1.165, 1.54) is 12.7 Å². The van der Waals surface area contributed by atoms with Gasteiger partial charge in [-0.05, 0) is 25.3 Å². The summed E-state index contributed by atoms with van der Waals surface area (Å²) in [7, 11) is 1.34. The SMILES string of the molecule is CCO[C@]12C[C@H]3C(O)=C(C(=O)OC)CC[C@@]3(Cc3ccccc31)O2. The number of esters is 1. The molecule has 0 amide bonds. The Bertz CT molecular complexity index is 724. The summed E-state index contributed by atoms with van der Waals surface area (Å²) in [6.45, 7) is 2.46. The van der Waals surface area contributed by atoms with Crippen LogP contribution in [0.25, 0.3) is 0 Å². The van der Waals surface area contributed by atoms with Gasteiger partial charge in [-0.2, -0.15) is 0 Å². The first-order valence-corrected chi connectivity index (χ1v) is 8.48. The van der Waals surface area contributed by atoms with Crippen molar-refractivity contribution in [2.75, 3.05) is 13.7 Å². The van der Waals surface area contributed by atoms with Gasteiger partial charge in [0.05, 0.1) is 24.2 Å². The summed E-state index contributed by atoms with van der Waals surface area (Å²) in [5.74, 6) is -1.43. The predicted octanol–water partition coefficient (Wildman–Crippen LogP) is 2.99. The molecule has 3 atom stereocenters. The monoisotopic (exact) mass is 330 g/mol. The maximum absolute atomic E-state index is 12.0. The molecular weight excluding hydrogens is 308 g/mol. The smallest absolute Gasteiger partial charge is 0.337 e. The van der Waals surface area contributed by atoms with E-state index in [2.05, 4.69) is 6.07 Å². The standard InChI is InChI=1S/C19H22O5/c1-3-23-19-11-15-16(20)13(17(21)22-2)8-9-18(15,24-19)10-12-6-4-5-7-14(12)19/h4-7,15,20H,3,8-11H2,1-2H3/t15-,18-,19-/m0/s1. The van der Waals surface area contributed by atoms with Crippen molar-refractivity contribution in [3.8, 4) is 0 Å². The molecule has 2 heterocycles. The van der Waals surface area contributed by atoms with Gasteiger partial charge in [-0.15, -0.1) is 0 Å². The molecule has 5 nitrogen and oxygen atoms in total. The second-order valence-corrected chi connectivity index (χ2v) is 6.80. The zero-order valence-electron chi connectivity index (χ0n) is 14.0. The lowest BCUT2D eigenvalue weighted by atomic mass is 9.73. The third-order valence-electron chi connectivity index (χ3n) is 5.64. The Labute approximate surface area is 141 Å². The van der Waals surface area contributed by atoms with Crippen molar-refractivity contribution in [1.82, 2.24) is 0 Å². The minimum Gasteiger partial charge on any atom is -0.511 e. The molecule has 128 valence electrons. The van der Waals surface area contributed by atoms with E-state index in [9.17, 15) is 9.90 Å². The van der Waals surface area contributed by atoms with Crippen LogP contribution in [0.5, 0.6) is 0 Å². The highest BCUT2D eigenvalue weighted by molar-refractivity contribution is 5.89. The Balaban J connectivity index is 1.83. The number of rotatable bonds is 3. The molecule has 0 saturated carbocycles. The first-order chi connectivity index (χ1) is 11.6. The summed E-state index contributed by atoms with van der Waals surface area (Å²) in [6.07, 6.45) is 2.38. The maximum atomic E-state index is 12.0. The molecular formula is C19H22O5. The van der Waals surface area contributed by atoms with Gasteiger partial charge in [0, 0.05) is 25.0 Å². The summed E-state index contributed by atoms with van der Waals surface area (Å²) >= 11 is 0. The average molecular weight is 330 g/mol. The number of hydrogen-bond donors (Lipinski definition) is 1. The Hall–Kier alpha value is -1.85. The van der Waals surface area contributed by atoms with E-state index in [-0.39, 0.29) is 11.7 Å². The number of fused-ring (bicyclic) bond motifs is 3. The lowest BCUT2D eigenvalue weighted by Crippen LogP contribution is -2.47. The van der Waals surface area contributed by atoms with E-state index in [0.29, 0.717) is 31.4 Å². The van der Waals surface area contributed by atoms with E-state index >= 15 is 0 Å². The second kappa shape index (κ2) is 5.33. The van der Waals surface area contributed by atoms with Crippen molar-refractivity contribution in [1.29, 1.82) is 0 Å². The van der Waals surface area contributed by atoms with E-state index in [4.69, 9.17) is 14.2 Å². The number of methoxy groups -OCH3 is 1. The van der Waals surface area contributed by atoms with Gasteiger partial charge in [0.1, 0.15) is 5.76 Å². The average Bonchev–Trinajstić information content (AvgIpc) is 2.86. The van der Waals surface area contributed by atoms with Gasteiger partial charge in [0.15, 0.2) is 5.79 Å². The number of carbonyl (C=O) groups excluding carboxylic acids is 1. The van der Waals surface area contributed by atoms with Crippen molar-refractivity contribution in [3.63, 3.8) is 0 Å². The lowest BCUT2D eigenvalue weighted by molar-refractivity contribution is -0.269. The van der Waals surface area contributed by atoms with Crippen LogP contribution in [0.2, 0.25) is 0 Å². The van der Waals surface area contributed by atoms with Crippen LogP contribution in [0.3, 0.4) is 0 Å². The summed E-state index contributed by atoms with van der Waals surface area (Å²) in [6, 6.07) is 8.15. The molecule has 0 unspecified atom stereocenters. The topological polar surface area (TPSA) is 65.0 Å². The van der Waals surface area contributed by atoms with Gasteiger partial charge in [-0.1, -0.05) is 24.3 Å². The van der Waals surface area contributed by atoms with E-state index < -0.39 is 17.4 Å². The van der Waals surface area contributed by atoms with Crippen molar-refractivity contribution >= 4 is 5.97 Å². The molecule has 1 spiro atoms. The van der Waals surface area contributed by atoms with Crippen LogP contribution >= 0.6 is 0 Å². The van der Waals surface area contributed by atoms with Crippen LogP contribution in [0, 0.1) is 5.92 Å². The number of ether oxygens (including phenoxy) is 3. The lowest BCUT2D eigenvalue weighted by Gasteiger charge is -2.43. The Morgan fingerprint density at radius 1 is 1.42 bits per heavy atom. The summed E-state index contributed by atoms with van der Waals surface area (Å²) in [5, 5.41) is 10.8. The molecule has 0 aromatic heterocycles. The third kappa shape index (κ3) is 1.98. The Kier molecular flexibility index (Phi) is 3.48. The summed E-state index contributed by atoms with van der Waals surface area (Å²) in [5.41, 5.74) is 2.11. The zero-order chi connectivity index (χ0) is 16.9. The minimum atomic E-state index is -0.839. The number of benzene rings is 1. The molecule has 1 aromatic rings. The molecule has 1 aromatic carbocycles. The first-order valence-electron chi connectivity index (χ1n) is 8.48. The van der Waals surface area contributed by atoms with Gasteiger partial charge in [-0.3, -0.25) is 0 Å². The predicted molar refractivity (Wildman–Crippen MR) is 86.3 cm³/mol. The van der Waals surface area contributed by atoms with Gasteiger partial charge in [0.25, 0.3) is 0 Å². The van der Waals surface area contributed by atoms with E-state index in [1.54, 1.807) is 0 Å². The largest absolute Gasteiger partial charge is 0.511 e. The van der Waals surface area contributed by atoms with Crippen molar-refractivity contribution in [2.45, 2.75) is 44.0 Å². The number of hydrogen-bond acceptors (Lipinski definition) is 5. The highest BCUT2D eigenvalue weighted by Gasteiger charge is 2.63. The van der Waals surface area contributed by atoms with Crippen LogP contribution in [-0.2, 0) is 31.2 Å². The van der Waals surface area contributed by atoms with Crippen LogP contribution in [0.4, 0.5) is 0 Å². The highest BCUT2D eigenvalue weighted by atomic mass is 16.7. The molecule has 1 aliphatic carbocycles. The quantitative estimate of drug-likeness (QED) is 0.863. The number of aliphatic hydroxyl groups excluding tert-OH is 1. The van der Waals surface area contributed by atoms with E-state index in [0.717, 1.165) is 12.0 Å². The van der Waals surface area contributed by atoms with E-state index in [1.807, 2.05) is 25.1 Å². The van der Waals surface area contributed by atoms with Gasteiger partial charge < -0.3 is 19.3 Å². The minimum absolute atomic E-state index is 0.113. The van der Waals surface area contributed by atoms with Crippen molar-refractivity contribution < 1.29 is 24.1 Å². The van der Waals surface area contributed by atoms with Gasteiger partial charge in [0.2, 0.25) is 0 Å². The molecule has 2 aliphatic heterocycles. The molecule has 4 rings (SSSR count). The van der Waals surface area contributed by atoms with Gasteiger partial charge >= 0.3 is 5.97 Å². The van der Waals surface area contributed by atoms with Gasteiger partial charge in [-0.25, -0.2) is 4.79 Å². The fraction of sp³-hybridized carbons (Fsp3) is 0.526. The van der Waals surface area contributed by atoms with Crippen LogP contribution in [0.1, 0.15) is 37.3 Å². The maximum Gasteiger partial charge on any atom is 0.337 e. The molecule has 1 fully saturated rings. The number of carbonyl (C=O) groups is 1. The Morgan fingerprint density at radius 2 is 2.21 bits per heavy atom. The zero-order valence-corrected chi connectivity index (χ0v) is 14.0. The highest BCUT2D eigenvalue weighted by Crippen LogP contribution is 2.60. The molecule has 0 radical (unpaired) electrons. The summed E-state index contributed by atoms with van der Waals surface area (Å²) < 4.78 is 17.4. The van der Waals surface area contributed by atoms with Crippen molar-refractivity contribution in [2.24, 2.45) is 5.92 Å². The normalized spacial score (nSPS) is 33.8. The molecule has 1 N–H and O–H groups in total. The molecule has 3 aliphatic rings.